The minimum absolute atomic E-state index is 0.145. The Morgan fingerprint density at radius 1 is 1.26 bits per heavy atom. The first kappa shape index (κ1) is 18.3. The molecule has 0 fully saturated rings. The summed E-state index contributed by atoms with van der Waals surface area (Å²) in [6, 6.07) is 0. The van der Waals surface area contributed by atoms with Gasteiger partial charge in [-0.2, -0.15) is 0 Å². The Morgan fingerprint density at radius 3 is 2.26 bits per heavy atom. The first-order valence-corrected chi connectivity index (χ1v) is 7.56. The maximum absolute atomic E-state index is 11.7. The minimum atomic E-state index is -0.506. The van der Waals surface area contributed by atoms with Crippen LogP contribution in [0.5, 0.6) is 0 Å². The number of hydrogen-bond donors (Lipinski definition) is 0. The molecule has 19 heavy (non-hydrogen) atoms. The van der Waals surface area contributed by atoms with Crippen LogP contribution < -0.4 is 0 Å². The molecule has 2 unspecified atom stereocenters. The van der Waals surface area contributed by atoms with Crippen LogP contribution in [-0.4, -0.2) is 29.2 Å². The molecule has 0 heterocycles. The van der Waals surface area contributed by atoms with Crippen molar-refractivity contribution >= 4 is 23.0 Å². The lowest BCUT2D eigenvalue weighted by molar-refractivity contribution is -0.145. The quantitative estimate of drug-likeness (QED) is 0.691. The van der Waals surface area contributed by atoms with Crippen molar-refractivity contribution in [3.05, 3.63) is 0 Å². The number of carbonyl (C=O) groups excluding carboxylic acids is 2. The summed E-state index contributed by atoms with van der Waals surface area (Å²) in [6.07, 6.45) is 2.69. The van der Waals surface area contributed by atoms with Crippen molar-refractivity contribution in [2.45, 2.75) is 64.7 Å². The highest BCUT2D eigenvalue weighted by atomic mass is 32.2. The van der Waals surface area contributed by atoms with Gasteiger partial charge in [0.25, 0.3) is 0 Å². The number of methoxy groups -OCH3 is 1. The Morgan fingerprint density at radius 2 is 1.84 bits per heavy atom. The van der Waals surface area contributed by atoms with Crippen molar-refractivity contribution in [3.8, 4) is 0 Å². The number of thioether (sulfide) groups is 1. The second kappa shape index (κ2) is 8.46. The second-order valence-electron chi connectivity index (χ2n) is 5.56. The van der Waals surface area contributed by atoms with Crippen LogP contribution in [0.25, 0.3) is 0 Å². The SMILES string of the molecule is CCCCC(C(=O)OC)C(C)SC(=O)OC(C)(C)C. The van der Waals surface area contributed by atoms with Gasteiger partial charge in [-0.15, -0.1) is 0 Å². The zero-order valence-corrected chi connectivity index (χ0v) is 13.6. The van der Waals surface area contributed by atoms with Crippen molar-refractivity contribution in [1.82, 2.24) is 0 Å². The predicted octanol–water partition coefficient (Wildman–Crippen LogP) is 4.02. The molecule has 2 atom stereocenters. The van der Waals surface area contributed by atoms with E-state index in [-0.39, 0.29) is 22.4 Å². The van der Waals surface area contributed by atoms with Gasteiger partial charge in [0.15, 0.2) is 0 Å². The van der Waals surface area contributed by atoms with E-state index in [9.17, 15) is 9.59 Å². The Hall–Kier alpha value is -0.710. The molecule has 0 aliphatic heterocycles. The topological polar surface area (TPSA) is 52.6 Å². The molecule has 0 saturated heterocycles. The van der Waals surface area contributed by atoms with E-state index in [2.05, 4.69) is 6.92 Å². The zero-order chi connectivity index (χ0) is 15.1. The Balaban J connectivity index is 4.50. The van der Waals surface area contributed by atoms with Crippen LogP contribution in [0.3, 0.4) is 0 Å². The van der Waals surface area contributed by atoms with Gasteiger partial charge in [-0.05, 0) is 39.0 Å². The predicted molar refractivity (Wildman–Crippen MR) is 78.3 cm³/mol. The van der Waals surface area contributed by atoms with E-state index in [0.717, 1.165) is 31.0 Å². The van der Waals surface area contributed by atoms with Crippen LogP contribution in [0.4, 0.5) is 4.79 Å². The molecule has 5 heteroatoms. The van der Waals surface area contributed by atoms with E-state index in [4.69, 9.17) is 9.47 Å². The lowest BCUT2D eigenvalue weighted by Gasteiger charge is -2.23. The first-order valence-electron chi connectivity index (χ1n) is 6.68. The summed E-state index contributed by atoms with van der Waals surface area (Å²) in [6.45, 7) is 9.41. The van der Waals surface area contributed by atoms with Gasteiger partial charge in [-0.25, -0.2) is 4.79 Å². The van der Waals surface area contributed by atoms with Gasteiger partial charge in [0.2, 0.25) is 0 Å². The molecule has 0 radical (unpaired) electrons. The monoisotopic (exact) mass is 290 g/mol. The summed E-state index contributed by atoms with van der Waals surface area (Å²) in [5.41, 5.74) is -0.506. The first-order chi connectivity index (χ1) is 8.71. The average Bonchev–Trinajstić information content (AvgIpc) is 2.26. The number of esters is 1. The normalized spacial score (nSPS) is 14.6. The van der Waals surface area contributed by atoms with Crippen LogP contribution in [-0.2, 0) is 14.3 Å². The fourth-order valence-electron chi connectivity index (χ4n) is 1.63. The Bertz CT molecular complexity index is 296. The standard InChI is InChI=1S/C14H26O4S/c1-7-8-9-11(12(15)17-6)10(2)19-13(16)18-14(3,4)5/h10-11H,7-9H2,1-6H3. The highest BCUT2D eigenvalue weighted by molar-refractivity contribution is 8.13. The number of rotatable bonds is 6. The second-order valence-corrected chi connectivity index (χ2v) is 6.87. The van der Waals surface area contributed by atoms with Crippen molar-refractivity contribution < 1.29 is 19.1 Å². The molecule has 0 rings (SSSR count). The summed E-state index contributed by atoms with van der Waals surface area (Å²) < 4.78 is 10.1. The van der Waals surface area contributed by atoms with E-state index < -0.39 is 5.60 Å². The summed E-state index contributed by atoms with van der Waals surface area (Å²) in [4.78, 5) is 23.5. The minimum Gasteiger partial charge on any atom is -0.469 e. The molecular formula is C14H26O4S. The molecule has 0 bridgehead atoms. The summed E-state index contributed by atoms with van der Waals surface area (Å²) in [5, 5.41) is -0.487. The zero-order valence-electron chi connectivity index (χ0n) is 12.8. The van der Waals surface area contributed by atoms with Gasteiger partial charge in [0.1, 0.15) is 5.60 Å². The van der Waals surface area contributed by atoms with Crippen molar-refractivity contribution in [3.63, 3.8) is 0 Å². The number of carbonyl (C=O) groups is 2. The third-order valence-electron chi connectivity index (χ3n) is 2.61. The number of unbranched alkanes of at least 4 members (excludes halogenated alkanes) is 1. The maximum Gasteiger partial charge on any atom is 0.368 e. The number of ether oxygens (including phenoxy) is 2. The van der Waals surface area contributed by atoms with Crippen LogP contribution in [0, 0.1) is 5.92 Å². The van der Waals surface area contributed by atoms with E-state index in [1.165, 1.54) is 7.11 Å². The van der Waals surface area contributed by atoms with E-state index in [1.54, 1.807) is 0 Å². The third kappa shape index (κ3) is 8.14. The highest BCUT2D eigenvalue weighted by Gasteiger charge is 2.29. The van der Waals surface area contributed by atoms with Gasteiger partial charge in [-0.1, -0.05) is 26.7 Å². The van der Waals surface area contributed by atoms with Crippen LogP contribution in [0.1, 0.15) is 53.9 Å². The Labute approximate surface area is 120 Å². The van der Waals surface area contributed by atoms with Crippen LogP contribution >= 0.6 is 11.8 Å². The molecule has 0 amide bonds. The van der Waals surface area contributed by atoms with Crippen LogP contribution in [0.2, 0.25) is 0 Å². The third-order valence-corrected chi connectivity index (χ3v) is 3.59. The Kier molecular flexibility index (Phi) is 8.14. The van der Waals surface area contributed by atoms with Gasteiger partial charge in [-0.3, -0.25) is 4.79 Å². The molecule has 0 saturated carbocycles. The highest BCUT2D eigenvalue weighted by Crippen LogP contribution is 2.28. The molecular weight excluding hydrogens is 264 g/mol. The molecule has 4 nitrogen and oxygen atoms in total. The summed E-state index contributed by atoms with van der Waals surface area (Å²) in [5.74, 6) is -0.514. The largest absolute Gasteiger partial charge is 0.469 e. The van der Waals surface area contributed by atoms with Gasteiger partial charge < -0.3 is 9.47 Å². The molecule has 0 N–H and O–H groups in total. The molecule has 112 valence electrons. The van der Waals surface area contributed by atoms with Crippen LogP contribution in [0.15, 0.2) is 0 Å². The van der Waals surface area contributed by atoms with Gasteiger partial charge in [0, 0.05) is 5.25 Å². The van der Waals surface area contributed by atoms with E-state index in [0.29, 0.717) is 0 Å². The number of hydrogen-bond acceptors (Lipinski definition) is 5. The summed E-state index contributed by atoms with van der Waals surface area (Å²) >= 11 is 1.07. The fraction of sp³-hybridized carbons (Fsp3) is 0.857. The lowest BCUT2D eigenvalue weighted by atomic mass is 9.99. The maximum atomic E-state index is 11.7. The van der Waals surface area contributed by atoms with Crippen molar-refractivity contribution in [2.75, 3.05) is 7.11 Å². The molecule has 0 aromatic rings. The van der Waals surface area contributed by atoms with Gasteiger partial charge in [0.05, 0.1) is 13.0 Å². The molecule has 0 aromatic carbocycles. The van der Waals surface area contributed by atoms with Gasteiger partial charge >= 0.3 is 11.3 Å². The fourth-order valence-corrected chi connectivity index (χ4v) is 2.64. The molecule has 0 aliphatic carbocycles. The molecule has 0 aromatic heterocycles. The lowest BCUT2D eigenvalue weighted by Crippen LogP contribution is -2.28. The van der Waals surface area contributed by atoms with E-state index in [1.807, 2.05) is 27.7 Å². The smallest absolute Gasteiger partial charge is 0.368 e. The summed E-state index contributed by atoms with van der Waals surface area (Å²) in [7, 11) is 1.38. The molecule has 0 spiro atoms. The van der Waals surface area contributed by atoms with E-state index >= 15 is 0 Å². The van der Waals surface area contributed by atoms with Crippen molar-refractivity contribution in [1.29, 1.82) is 0 Å². The average molecular weight is 290 g/mol. The van der Waals surface area contributed by atoms with Crippen molar-refractivity contribution in [2.24, 2.45) is 5.92 Å². The molecule has 0 aliphatic rings.